The molecule has 0 fully saturated rings. The molecule has 18 heteroatoms. The average Bonchev–Trinajstić information content (AvgIpc) is 2.89. The number of benzene rings is 3. The van der Waals surface area contributed by atoms with Crippen molar-refractivity contribution in [3.05, 3.63) is 59.5 Å². The molecule has 4 N–H and O–H groups in total. The maximum atomic E-state index is 13.7. The molecule has 0 aliphatic heterocycles. The molecule has 0 spiro atoms. The summed E-state index contributed by atoms with van der Waals surface area (Å²) in [5.41, 5.74) is -0.263. The third-order valence-corrected chi connectivity index (χ3v) is 6.79. The molecular formula is C21H14ClF2N5O8S2. The second-order valence-electron chi connectivity index (χ2n) is 7.31. The molecule has 0 unspecified atom stereocenters. The maximum absolute atomic E-state index is 13.7. The van der Waals surface area contributed by atoms with Crippen LogP contribution in [0.5, 0.6) is 11.5 Å². The number of hydrogen-bond donors (Lipinski definition) is 4. The predicted octanol–water partition coefficient (Wildman–Crippen LogP) is 6.11. The molecule has 0 atom stereocenters. The lowest BCUT2D eigenvalue weighted by Crippen LogP contribution is -2.02. The van der Waals surface area contributed by atoms with Gasteiger partial charge in [0.15, 0.2) is 11.6 Å². The van der Waals surface area contributed by atoms with Crippen molar-refractivity contribution in [3.63, 3.8) is 0 Å². The van der Waals surface area contributed by atoms with Gasteiger partial charge in [0.05, 0.1) is 24.0 Å². The molecule has 0 radical (unpaired) electrons. The number of nitrogens with zero attached hydrogens (tertiary/aromatic N) is 4. The predicted molar refractivity (Wildman–Crippen MR) is 133 cm³/mol. The quantitative estimate of drug-likeness (QED) is 0.0328. The maximum Gasteiger partial charge on any atom is 0.313 e. The minimum atomic E-state index is -4.73. The molecule has 0 saturated carbocycles. The van der Waals surface area contributed by atoms with E-state index in [4.69, 9.17) is 21.6 Å². The van der Waals surface area contributed by atoms with E-state index < -0.39 is 37.8 Å². The highest BCUT2D eigenvalue weighted by Gasteiger charge is 2.20. The topological polar surface area (TPSA) is 185 Å². The molecule has 3 aromatic carbocycles. The van der Waals surface area contributed by atoms with Crippen LogP contribution in [0.2, 0.25) is 5.02 Å². The Kier molecular flexibility index (Phi) is 8.40. The van der Waals surface area contributed by atoms with Crippen LogP contribution in [-0.2, 0) is 19.5 Å². The summed E-state index contributed by atoms with van der Waals surface area (Å²) in [6, 6.07) is 9.33. The number of hydrogen-bond acceptors (Lipinski definition) is 13. The number of fused-ring (bicyclic) bond motifs is 1. The Morgan fingerprint density at radius 2 is 1.87 bits per heavy atom. The van der Waals surface area contributed by atoms with Crippen LogP contribution in [0, 0.1) is 12.0 Å². The number of rotatable bonds is 9. The summed E-state index contributed by atoms with van der Waals surface area (Å²) in [7, 11) is -3.43. The van der Waals surface area contributed by atoms with Gasteiger partial charge in [-0.15, -0.1) is 14.6 Å². The fourth-order valence-corrected chi connectivity index (χ4v) is 4.53. The number of aromatic nitrogens is 2. The van der Waals surface area contributed by atoms with E-state index in [1.807, 2.05) is 0 Å². The lowest BCUT2D eigenvalue weighted by Gasteiger charge is -2.12. The Morgan fingerprint density at radius 3 is 2.56 bits per heavy atom. The molecule has 1 heterocycles. The van der Waals surface area contributed by atoms with E-state index in [0.29, 0.717) is 17.4 Å². The standard InChI is InChI=1S/C21H14ClF2N5O8S2/c1-35-11-3-5-13(15(8-11)39(32,33)34)28-29-17-14(38-37-36-31)7-9-6-10(2-4-12(9)18(17)30)25-20-16(22)19(23)26-21(24)27-20/h2-8,30-31H,1H3,(H,25,26,27)(H,32,33,34). The largest absolute Gasteiger partial charge is 0.505 e. The number of methoxy groups -OCH3 is 1. The van der Waals surface area contributed by atoms with Gasteiger partial charge in [0.1, 0.15) is 27.0 Å². The molecule has 0 saturated heterocycles. The molecule has 13 nitrogen and oxygen atoms in total. The second kappa shape index (κ2) is 11.6. The summed E-state index contributed by atoms with van der Waals surface area (Å²) in [6.45, 7) is 0. The van der Waals surface area contributed by atoms with E-state index in [1.165, 1.54) is 43.5 Å². The van der Waals surface area contributed by atoms with Crippen molar-refractivity contribution in [2.75, 3.05) is 12.4 Å². The van der Waals surface area contributed by atoms with Gasteiger partial charge in [0, 0.05) is 17.1 Å². The van der Waals surface area contributed by atoms with Crippen molar-refractivity contribution in [3.8, 4) is 11.5 Å². The van der Waals surface area contributed by atoms with Gasteiger partial charge in [-0.05, 0) is 41.8 Å². The normalized spacial score (nSPS) is 11.8. The zero-order valence-electron chi connectivity index (χ0n) is 19.2. The smallest absolute Gasteiger partial charge is 0.313 e. The van der Waals surface area contributed by atoms with Crippen molar-refractivity contribution < 1.29 is 46.2 Å². The van der Waals surface area contributed by atoms with Crippen molar-refractivity contribution in [1.29, 1.82) is 0 Å². The van der Waals surface area contributed by atoms with Crippen LogP contribution in [0.1, 0.15) is 0 Å². The second-order valence-corrected chi connectivity index (χ2v) is 9.82. The summed E-state index contributed by atoms with van der Waals surface area (Å²) in [4.78, 5) is 5.71. The first kappa shape index (κ1) is 28.3. The van der Waals surface area contributed by atoms with Crippen LogP contribution >= 0.6 is 23.6 Å². The van der Waals surface area contributed by atoms with E-state index in [9.17, 15) is 26.9 Å². The van der Waals surface area contributed by atoms with Gasteiger partial charge in [-0.3, -0.25) is 4.55 Å². The Morgan fingerprint density at radius 1 is 1.10 bits per heavy atom. The third-order valence-electron chi connectivity index (χ3n) is 4.95. The molecule has 4 rings (SSSR count). The number of azo groups is 1. The van der Waals surface area contributed by atoms with E-state index in [2.05, 4.69) is 34.9 Å². The van der Waals surface area contributed by atoms with Gasteiger partial charge in [0.25, 0.3) is 10.1 Å². The molecule has 0 aliphatic carbocycles. The van der Waals surface area contributed by atoms with E-state index in [0.717, 1.165) is 6.07 Å². The monoisotopic (exact) mass is 601 g/mol. The van der Waals surface area contributed by atoms with Gasteiger partial charge >= 0.3 is 6.08 Å². The highest BCUT2D eigenvalue weighted by Crippen LogP contribution is 2.45. The van der Waals surface area contributed by atoms with Crippen molar-refractivity contribution in [2.24, 2.45) is 10.2 Å². The highest BCUT2D eigenvalue weighted by molar-refractivity contribution is 7.94. The summed E-state index contributed by atoms with van der Waals surface area (Å²) >= 11 is 6.20. The first-order chi connectivity index (χ1) is 18.5. The molecule has 39 heavy (non-hydrogen) atoms. The van der Waals surface area contributed by atoms with Crippen LogP contribution in [-0.4, -0.2) is 40.4 Å². The summed E-state index contributed by atoms with van der Waals surface area (Å²) in [5.74, 6) is -1.95. The van der Waals surface area contributed by atoms with Crippen molar-refractivity contribution in [1.82, 2.24) is 9.97 Å². The van der Waals surface area contributed by atoms with Gasteiger partial charge in [-0.2, -0.15) is 27.2 Å². The van der Waals surface area contributed by atoms with Crippen LogP contribution in [0.3, 0.4) is 0 Å². The van der Waals surface area contributed by atoms with Crippen LogP contribution in [0.25, 0.3) is 10.8 Å². The molecule has 4 aromatic rings. The Labute approximate surface area is 226 Å². The van der Waals surface area contributed by atoms with E-state index >= 15 is 0 Å². The summed E-state index contributed by atoms with van der Waals surface area (Å²) in [5, 5.41) is 33.5. The molecule has 204 valence electrons. The molecule has 1 aromatic heterocycles. The van der Waals surface area contributed by atoms with E-state index in [-0.39, 0.29) is 38.9 Å². The molecule has 0 aliphatic rings. The number of aromatic hydroxyl groups is 1. The Balaban J connectivity index is 1.79. The lowest BCUT2D eigenvalue weighted by atomic mass is 10.1. The minimum Gasteiger partial charge on any atom is -0.505 e. The number of anilines is 2. The number of nitrogens with one attached hydrogen (secondary N) is 1. The number of phenols is 1. The fraction of sp³-hybridized carbons (Fsp3) is 0.0476. The lowest BCUT2D eigenvalue weighted by molar-refractivity contribution is -0.432. The van der Waals surface area contributed by atoms with Gasteiger partial charge < -0.3 is 15.2 Å². The SMILES string of the molecule is COc1ccc(N=Nc2c(SOOO)cc3cc(Nc4nc(F)nc(F)c4Cl)ccc3c2O)c(S(=O)(=O)O)c1. The van der Waals surface area contributed by atoms with Gasteiger partial charge in [-0.1, -0.05) is 16.6 Å². The molecular weight excluding hydrogens is 588 g/mol. The highest BCUT2D eigenvalue weighted by atomic mass is 35.5. The number of phenolic OH excluding ortho intramolecular Hbond substituents is 1. The van der Waals surface area contributed by atoms with Crippen LogP contribution in [0.15, 0.2) is 62.5 Å². The van der Waals surface area contributed by atoms with Crippen molar-refractivity contribution in [2.45, 2.75) is 9.79 Å². The van der Waals surface area contributed by atoms with Crippen LogP contribution < -0.4 is 10.1 Å². The minimum absolute atomic E-state index is 0.0222. The summed E-state index contributed by atoms with van der Waals surface area (Å²) in [6.07, 6.45) is -1.35. The van der Waals surface area contributed by atoms with Crippen molar-refractivity contribution >= 4 is 67.4 Å². The number of ether oxygens (including phenoxy) is 1. The first-order valence-corrected chi connectivity index (χ1v) is 12.7. The molecule has 0 bridgehead atoms. The molecule has 0 amide bonds. The average molecular weight is 602 g/mol. The zero-order valence-corrected chi connectivity index (χ0v) is 21.6. The first-order valence-electron chi connectivity index (χ1n) is 10.2. The Hall–Kier alpha value is -3.71. The van der Waals surface area contributed by atoms with Gasteiger partial charge in [-0.25, -0.2) is 5.26 Å². The van der Waals surface area contributed by atoms with Crippen LogP contribution in [0.4, 0.5) is 31.7 Å². The summed E-state index contributed by atoms with van der Waals surface area (Å²) < 4.78 is 69.7. The Bertz CT molecular complexity index is 1710. The zero-order chi connectivity index (χ0) is 28.3. The fourth-order valence-electron chi connectivity index (χ4n) is 3.27. The number of halogens is 3. The van der Waals surface area contributed by atoms with Gasteiger partial charge in [0.2, 0.25) is 5.95 Å². The third kappa shape index (κ3) is 6.31. The van der Waals surface area contributed by atoms with E-state index in [1.54, 1.807) is 0 Å².